The molecule has 0 aromatic carbocycles. The van der Waals surface area contributed by atoms with Crippen molar-refractivity contribution in [3.63, 3.8) is 0 Å². The number of rotatable bonds is 10. The maximum atomic E-state index is 12.2. The molecular weight excluding hydrogens is 342 g/mol. The number of hydrogen-bond donors (Lipinski definition) is 2. The van der Waals surface area contributed by atoms with E-state index in [1.165, 1.54) is 12.8 Å². The Morgan fingerprint density at radius 3 is 2.44 bits per heavy atom. The fraction of sp³-hybridized carbons (Fsp3) is 0.889. The van der Waals surface area contributed by atoms with E-state index in [1.807, 2.05) is 18.7 Å². The largest absolute Gasteiger partial charge is 0.379 e. The number of carbonyl (C=O) groups excluding carboxylic acids is 2. The Morgan fingerprint density at radius 1 is 1.16 bits per heavy atom. The van der Waals surface area contributed by atoms with Crippen LogP contribution in [0.4, 0.5) is 0 Å². The van der Waals surface area contributed by atoms with Crippen LogP contribution in [0.25, 0.3) is 0 Å². The van der Waals surface area contributed by atoms with Gasteiger partial charge in [0.15, 0.2) is 0 Å². The van der Waals surface area contributed by atoms with Gasteiger partial charge in [-0.15, -0.1) is 12.4 Å². The van der Waals surface area contributed by atoms with Crippen molar-refractivity contribution < 1.29 is 14.3 Å². The van der Waals surface area contributed by atoms with E-state index in [1.54, 1.807) is 0 Å². The summed E-state index contributed by atoms with van der Waals surface area (Å²) in [6.07, 6.45) is 5.21. The number of piperidine rings is 1. The third-order valence-electron chi connectivity index (χ3n) is 4.70. The van der Waals surface area contributed by atoms with Crippen molar-refractivity contribution in [3.05, 3.63) is 0 Å². The Morgan fingerprint density at radius 2 is 1.84 bits per heavy atom. The molecule has 0 atom stereocenters. The van der Waals surface area contributed by atoms with Gasteiger partial charge in [0.25, 0.3) is 0 Å². The Balaban J connectivity index is 0.00000312. The number of amides is 2. The monoisotopic (exact) mass is 375 g/mol. The van der Waals surface area contributed by atoms with Crippen molar-refractivity contribution in [2.45, 2.75) is 52.1 Å². The van der Waals surface area contributed by atoms with Crippen molar-refractivity contribution in [3.8, 4) is 0 Å². The van der Waals surface area contributed by atoms with Gasteiger partial charge in [-0.2, -0.15) is 0 Å². The second kappa shape index (κ2) is 11.7. The lowest BCUT2D eigenvalue weighted by atomic mass is 9.96. The van der Waals surface area contributed by atoms with Gasteiger partial charge in [-0.05, 0) is 58.4 Å². The molecule has 2 rings (SSSR count). The quantitative estimate of drug-likeness (QED) is 0.569. The Hall–Kier alpha value is -0.850. The van der Waals surface area contributed by atoms with Gasteiger partial charge in [-0.1, -0.05) is 0 Å². The molecule has 0 aromatic rings. The van der Waals surface area contributed by atoms with Gasteiger partial charge >= 0.3 is 0 Å². The van der Waals surface area contributed by atoms with Crippen molar-refractivity contribution in [2.24, 2.45) is 11.8 Å². The molecule has 0 bridgehead atoms. The summed E-state index contributed by atoms with van der Waals surface area (Å²) in [4.78, 5) is 26.2. The van der Waals surface area contributed by atoms with Crippen LogP contribution in [0.5, 0.6) is 0 Å². The highest BCUT2D eigenvalue weighted by molar-refractivity contribution is 5.85. The standard InChI is InChI=1S/C18H33N3O3.ClH/c1-14(2)24-11-3-8-20-18(23)16-6-9-21(10-7-16)17(22)13-19-12-15-4-5-15;/h14-16,19H,3-13H2,1-2H3,(H,20,23);1H. The molecule has 1 aliphatic heterocycles. The van der Waals surface area contributed by atoms with Gasteiger partial charge < -0.3 is 20.3 Å². The van der Waals surface area contributed by atoms with E-state index < -0.39 is 0 Å². The van der Waals surface area contributed by atoms with Crippen LogP contribution in [0.1, 0.15) is 46.0 Å². The van der Waals surface area contributed by atoms with Crippen LogP contribution >= 0.6 is 12.4 Å². The van der Waals surface area contributed by atoms with E-state index in [2.05, 4.69) is 10.6 Å². The zero-order valence-corrected chi connectivity index (χ0v) is 16.4. The van der Waals surface area contributed by atoms with Crippen LogP contribution < -0.4 is 10.6 Å². The lowest BCUT2D eigenvalue weighted by Crippen LogP contribution is -2.46. The number of nitrogens with zero attached hydrogens (tertiary/aromatic N) is 1. The van der Waals surface area contributed by atoms with E-state index in [4.69, 9.17) is 4.74 Å². The number of ether oxygens (including phenoxy) is 1. The summed E-state index contributed by atoms with van der Waals surface area (Å²) in [6, 6.07) is 0. The fourth-order valence-corrected chi connectivity index (χ4v) is 2.96. The lowest BCUT2D eigenvalue weighted by Gasteiger charge is -2.31. The Labute approximate surface area is 157 Å². The molecule has 0 radical (unpaired) electrons. The predicted molar refractivity (Wildman–Crippen MR) is 101 cm³/mol. The Kier molecular flexibility index (Phi) is 10.4. The molecule has 146 valence electrons. The topological polar surface area (TPSA) is 70.7 Å². The minimum Gasteiger partial charge on any atom is -0.379 e. The average Bonchev–Trinajstić information content (AvgIpc) is 3.38. The molecule has 1 heterocycles. The molecule has 0 unspecified atom stereocenters. The molecule has 7 heteroatoms. The summed E-state index contributed by atoms with van der Waals surface area (Å²) in [5, 5.41) is 6.23. The van der Waals surface area contributed by atoms with Crippen molar-refractivity contribution in [1.82, 2.24) is 15.5 Å². The minimum absolute atomic E-state index is 0. The molecule has 1 saturated heterocycles. The van der Waals surface area contributed by atoms with Crippen LogP contribution in [-0.4, -0.2) is 62.1 Å². The Bertz CT molecular complexity index is 408. The maximum absolute atomic E-state index is 12.2. The van der Waals surface area contributed by atoms with Crippen LogP contribution in [0.2, 0.25) is 0 Å². The molecule has 1 aliphatic carbocycles. The SMILES string of the molecule is CC(C)OCCCNC(=O)C1CCN(C(=O)CNCC2CC2)CC1.Cl. The summed E-state index contributed by atoms with van der Waals surface area (Å²) < 4.78 is 5.46. The zero-order chi connectivity index (χ0) is 17.4. The molecule has 0 aromatic heterocycles. The van der Waals surface area contributed by atoms with E-state index in [-0.39, 0.29) is 36.2 Å². The van der Waals surface area contributed by atoms with Gasteiger partial charge in [-0.25, -0.2) is 0 Å². The molecule has 2 N–H and O–H groups in total. The third kappa shape index (κ3) is 8.88. The first-order valence-electron chi connectivity index (χ1n) is 9.44. The summed E-state index contributed by atoms with van der Waals surface area (Å²) in [7, 11) is 0. The normalized spacial score (nSPS) is 18.1. The van der Waals surface area contributed by atoms with Crippen LogP contribution in [0.3, 0.4) is 0 Å². The number of hydrogen-bond acceptors (Lipinski definition) is 4. The lowest BCUT2D eigenvalue weighted by molar-refractivity contribution is -0.134. The average molecular weight is 376 g/mol. The maximum Gasteiger partial charge on any atom is 0.236 e. The fourth-order valence-electron chi connectivity index (χ4n) is 2.96. The summed E-state index contributed by atoms with van der Waals surface area (Å²) >= 11 is 0. The van der Waals surface area contributed by atoms with Crippen molar-refractivity contribution >= 4 is 24.2 Å². The highest BCUT2D eigenvalue weighted by atomic mass is 35.5. The zero-order valence-electron chi connectivity index (χ0n) is 15.6. The third-order valence-corrected chi connectivity index (χ3v) is 4.70. The number of halogens is 1. The van der Waals surface area contributed by atoms with Gasteiger partial charge in [0.1, 0.15) is 0 Å². The molecule has 6 nitrogen and oxygen atoms in total. The second-order valence-electron chi connectivity index (χ2n) is 7.29. The molecule has 1 saturated carbocycles. The summed E-state index contributed by atoms with van der Waals surface area (Å²) in [5.74, 6) is 1.12. The number of carbonyl (C=O) groups is 2. The first kappa shape index (κ1) is 22.2. The highest BCUT2D eigenvalue weighted by Gasteiger charge is 2.27. The second-order valence-corrected chi connectivity index (χ2v) is 7.29. The first-order chi connectivity index (χ1) is 11.6. The summed E-state index contributed by atoms with van der Waals surface area (Å²) in [5.41, 5.74) is 0. The van der Waals surface area contributed by atoms with Crippen LogP contribution in [0.15, 0.2) is 0 Å². The van der Waals surface area contributed by atoms with Gasteiger partial charge in [0.05, 0.1) is 12.6 Å². The van der Waals surface area contributed by atoms with E-state index in [9.17, 15) is 9.59 Å². The summed E-state index contributed by atoms with van der Waals surface area (Å²) in [6.45, 7) is 8.14. The van der Waals surface area contributed by atoms with Gasteiger partial charge in [0, 0.05) is 32.2 Å². The van der Waals surface area contributed by atoms with Crippen LogP contribution in [0, 0.1) is 11.8 Å². The van der Waals surface area contributed by atoms with Gasteiger partial charge in [-0.3, -0.25) is 9.59 Å². The van der Waals surface area contributed by atoms with E-state index >= 15 is 0 Å². The number of nitrogens with one attached hydrogen (secondary N) is 2. The van der Waals surface area contributed by atoms with Crippen molar-refractivity contribution in [1.29, 1.82) is 0 Å². The van der Waals surface area contributed by atoms with Gasteiger partial charge in [0.2, 0.25) is 11.8 Å². The highest BCUT2D eigenvalue weighted by Crippen LogP contribution is 2.27. The molecule has 2 fully saturated rings. The van der Waals surface area contributed by atoms with E-state index in [0.717, 1.165) is 31.7 Å². The molecule has 25 heavy (non-hydrogen) atoms. The number of likely N-dealkylation sites (tertiary alicyclic amines) is 1. The predicted octanol–water partition coefficient (Wildman–Crippen LogP) is 1.58. The van der Waals surface area contributed by atoms with Crippen LogP contribution in [-0.2, 0) is 14.3 Å². The molecule has 0 spiro atoms. The first-order valence-corrected chi connectivity index (χ1v) is 9.44. The molecule has 2 aliphatic rings. The molecular formula is C18H34ClN3O3. The van der Waals surface area contributed by atoms with E-state index in [0.29, 0.717) is 32.8 Å². The minimum atomic E-state index is 0. The van der Waals surface area contributed by atoms with Crippen molar-refractivity contribution in [2.75, 3.05) is 39.3 Å². The molecule has 2 amide bonds. The smallest absolute Gasteiger partial charge is 0.236 e.